The second-order valence-corrected chi connectivity index (χ2v) is 6.75. The van der Waals surface area contributed by atoms with Gasteiger partial charge in [-0.05, 0) is 54.0 Å². The predicted octanol–water partition coefficient (Wildman–Crippen LogP) is 4.05. The van der Waals surface area contributed by atoms with Gasteiger partial charge >= 0.3 is 0 Å². The van der Waals surface area contributed by atoms with E-state index in [1.165, 1.54) is 0 Å². The summed E-state index contributed by atoms with van der Waals surface area (Å²) in [6, 6.07) is 12.2. The van der Waals surface area contributed by atoms with Crippen LogP contribution in [-0.4, -0.2) is 33.3 Å². The van der Waals surface area contributed by atoms with E-state index in [0.29, 0.717) is 12.3 Å². The summed E-state index contributed by atoms with van der Waals surface area (Å²) in [5.74, 6) is -0.202. The van der Waals surface area contributed by atoms with E-state index in [1.807, 2.05) is 37.4 Å². The molecule has 6 heteroatoms. The van der Waals surface area contributed by atoms with Crippen molar-refractivity contribution in [3.05, 3.63) is 60.4 Å². The highest BCUT2D eigenvalue weighted by Crippen LogP contribution is 2.34. The first kappa shape index (κ1) is 15.6. The van der Waals surface area contributed by atoms with E-state index in [0.717, 1.165) is 44.2 Å². The maximum Gasteiger partial charge on any atom is 0.273 e. The zero-order chi connectivity index (χ0) is 18.4. The molecule has 2 aromatic carbocycles. The van der Waals surface area contributed by atoms with Crippen molar-refractivity contribution < 1.29 is 4.79 Å². The van der Waals surface area contributed by atoms with Crippen molar-refractivity contribution in [1.29, 1.82) is 0 Å². The second-order valence-electron chi connectivity index (χ2n) is 6.75. The summed E-state index contributed by atoms with van der Waals surface area (Å²) in [5.41, 5.74) is 6.30. The number of amides is 1. The van der Waals surface area contributed by atoms with E-state index in [9.17, 15) is 4.79 Å². The van der Waals surface area contributed by atoms with E-state index in [2.05, 4.69) is 43.7 Å². The third-order valence-corrected chi connectivity index (χ3v) is 4.83. The molecule has 1 amide bonds. The Labute approximate surface area is 155 Å². The Kier molecular flexibility index (Phi) is 3.43. The molecule has 4 aromatic rings. The number of aromatic nitrogens is 3. The summed E-state index contributed by atoms with van der Waals surface area (Å²) in [4.78, 5) is 20.1. The average Bonchev–Trinajstić information content (AvgIpc) is 3.41. The smallest absolute Gasteiger partial charge is 0.273 e. The van der Waals surface area contributed by atoms with Crippen LogP contribution < -0.4 is 5.32 Å². The fraction of sp³-hybridized carbons (Fsp3) is 0.0952. The number of H-pyrrole nitrogens is 2. The molecule has 1 aliphatic heterocycles. The zero-order valence-corrected chi connectivity index (χ0v) is 14.7. The fourth-order valence-corrected chi connectivity index (χ4v) is 3.51. The van der Waals surface area contributed by atoms with Gasteiger partial charge in [0.15, 0.2) is 0 Å². The summed E-state index contributed by atoms with van der Waals surface area (Å²) in [7, 11) is 0. The van der Waals surface area contributed by atoms with Gasteiger partial charge in [-0.25, -0.2) is 0 Å². The number of aliphatic imine (C=N–C) groups is 1. The van der Waals surface area contributed by atoms with Crippen LogP contribution in [0.15, 0.2) is 65.4 Å². The van der Waals surface area contributed by atoms with Gasteiger partial charge in [-0.3, -0.25) is 14.9 Å². The lowest BCUT2D eigenvalue weighted by atomic mass is 9.99. The molecule has 0 spiro atoms. The molecule has 0 unspecified atom stereocenters. The topological polar surface area (TPSA) is 85.9 Å². The second kappa shape index (κ2) is 5.95. The number of benzene rings is 2. The highest BCUT2D eigenvalue weighted by atomic mass is 16.1. The summed E-state index contributed by atoms with van der Waals surface area (Å²) >= 11 is 0. The lowest BCUT2D eigenvalue weighted by molar-refractivity contribution is -0.110. The van der Waals surface area contributed by atoms with Gasteiger partial charge in [0.2, 0.25) is 0 Å². The van der Waals surface area contributed by atoms with Gasteiger partial charge in [-0.1, -0.05) is 12.1 Å². The number of carbonyl (C=O) groups is 1. The lowest BCUT2D eigenvalue weighted by Crippen LogP contribution is -2.20. The number of fused-ring (bicyclic) bond motifs is 2. The Morgan fingerprint density at radius 3 is 2.93 bits per heavy atom. The predicted molar refractivity (Wildman–Crippen MR) is 108 cm³/mol. The first-order valence-electron chi connectivity index (χ1n) is 8.75. The number of nitrogens with one attached hydrogen (secondary N) is 3. The van der Waals surface area contributed by atoms with E-state index >= 15 is 0 Å². The molecule has 6 nitrogen and oxygen atoms in total. The van der Waals surface area contributed by atoms with Crippen molar-refractivity contribution >= 4 is 39.1 Å². The van der Waals surface area contributed by atoms with E-state index in [4.69, 9.17) is 0 Å². The quantitative estimate of drug-likeness (QED) is 0.518. The lowest BCUT2D eigenvalue weighted by Gasteiger charge is -2.10. The minimum atomic E-state index is -0.202. The van der Waals surface area contributed by atoms with Crippen LogP contribution in [0.25, 0.3) is 32.9 Å². The summed E-state index contributed by atoms with van der Waals surface area (Å²) in [5, 5.41) is 12.2. The summed E-state index contributed by atoms with van der Waals surface area (Å²) in [6.45, 7) is 2.55. The molecule has 3 N–H and O–H groups in total. The van der Waals surface area contributed by atoms with Gasteiger partial charge in [0, 0.05) is 22.5 Å². The van der Waals surface area contributed by atoms with Crippen molar-refractivity contribution in [2.75, 3.05) is 11.9 Å². The van der Waals surface area contributed by atoms with Gasteiger partial charge in [0.1, 0.15) is 5.71 Å². The van der Waals surface area contributed by atoms with Crippen molar-refractivity contribution in [1.82, 2.24) is 15.2 Å². The van der Waals surface area contributed by atoms with Crippen molar-refractivity contribution in [3.8, 4) is 11.1 Å². The molecule has 0 atom stereocenters. The molecule has 2 aromatic heterocycles. The number of nitrogens with zero attached hydrogens (tertiary/aromatic N) is 2. The number of hydrogen-bond donors (Lipinski definition) is 3. The van der Waals surface area contributed by atoms with Gasteiger partial charge < -0.3 is 10.3 Å². The minimum Gasteiger partial charge on any atom is -0.361 e. The van der Waals surface area contributed by atoms with E-state index < -0.39 is 0 Å². The minimum absolute atomic E-state index is 0.202. The van der Waals surface area contributed by atoms with Crippen LogP contribution in [-0.2, 0) is 4.79 Å². The number of anilines is 1. The molecule has 5 rings (SSSR count). The molecular weight excluding hydrogens is 338 g/mol. The average molecular weight is 355 g/mol. The van der Waals surface area contributed by atoms with Gasteiger partial charge in [-0.2, -0.15) is 5.10 Å². The SMILES string of the molecule is CC1=CC(C(=O)Nc2cc(-c3cccc4[nH]ccc34)cc3[nH]ncc23)=NC1. The summed E-state index contributed by atoms with van der Waals surface area (Å²) < 4.78 is 0. The largest absolute Gasteiger partial charge is 0.361 e. The molecule has 0 fully saturated rings. The first-order chi connectivity index (χ1) is 13.2. The molecule has 0 saturated heterocycles. The van der Waals surface area contributed by atoms with Gasteiger partial charge in [-0.15, -0.1) is 0 Å². The standard InChI is InChI=1S/C21H17N5O/c1-12-7-20(23-10-12)21(27)25-18-8-13(9-19-16(18)11-24-26-19)14-3-2-4-17-15(14)5-6-22-17/h2-9,11,22H,10H2,1H3,(H,24,26)(H,25,27). The third kappa shape index (κ3) is 2.62. The normalized spacial score (nSPS) is 13.8. The number of carbonyl (C=O) groups excluding carboxylic acids is 1. The van der Waals surface area contributed by atoms with Gasteiger partial charge in [0.25, 0.3) is 5.91 Å². The Hall–Kier alpha value is -3.67. The van der Waals surface area contributed by atoms with E-state index in [-0.39, 0.29) is 5.91 Å². The Balaban J connectivity index is 1.62. The van der Waals surface area contributed by atoms with Crippen LogP contribution in [0.5, 0.6) is 0 Å². The van der Waals surface area contributed by atoms with Crippen molar-refractivity contribution in [3.63, 3.8) is 0 Å². The van der Waals surface area contributed by atoms with Gasteiger partial charge in [0.05, 0.1) is 23.9 Å². The van der Waals surface area contributed by atoms with Crippen LogP contribution in [0.3, 0.4) is 0 Å². The molecule has 1 aliphatic rings. The van der Waals surface area contributed by atoms with Crippen LogP contribution in [0.2, 0.25) is 0 Å². The molecule has 0 aliphatic carbocycles. The van der Waals surface area contributed by atoms with Crippen LogP contribution in [0, 0.1) is 0 Å². The maximum atomic E-state index is 12.6. The van der Waals surface area contributed by atoms with Crippen molar-refractivity contribution in [2.24, 2.45) is 4.99 Å². The molecule has 27 heavy (non-hydrogen) atoms. The molecule has 132 valence electrons. The number of aromatic amines is 2. The first-order valence-corrected chi connectivity index (χ1v) is 8.75. The Morgan fingerprint density at radius 1 is 1.15 bits per heavy atom. The van der Waals surface area contributed by atoms with Crippen LogP contribution in [0.4, 0.5) is 5.69 Å². The molecule has 0 bridgehead atoms. The molecule has 0 saturated carbocycles. The highest BCUT2D eigenvalue weighted by Gasteiger charge is 2.17. The molecular formula is C21H17N5O. The van der Waals surface area contributed by atoms with Crippen LogP contribution in [0.1, 0.15) is 6.92 Å². The van der Waals surface area contributed by atoms with Crippen LogP contribution >= 0.6 is 0 Å². The monoisotopic (exact) mass is 355 g/mol. The van der Waals surface area contributed by atoms with Crippen molar-refractivity contribution in [2.45, 2.75) is 6.92 Å². The highest BCUT2D eigenvalue weighted by molar-refractivity contribution is 6.48. The Bertz CT molecular complexity index is 1260. The van der Waals surface area contributed by atoms with E-state index in [1.54, 1.807) is 6.20 Å². The maximum absolute atomic E-state index is 12.6. The number of hydrogen-bond acceptors (Lipinski definition) is 3. The zero-order valence-electron chi connectivity index (χ0n) is 14.7. The fourth-order valence-electron chi connectivity index (χ4n) is 3.51. The molecule has 3 heterocycles. The summed E-state index contributed by atoms with van der Waals surface area (Å²) in [6.07, 6.45) is 5.48. The number of rotatable bonds is 3. The Morgan fingerprint density at radius 2 is 2.07 bits per heavy atom. The third-order valence-electron chi connectivity index (χ3n) is 4.83. The molecule has 0 radical (unpaired) electrons.